The van der Waals surface area contributed by atoms with Crippen molar-refractivity contribution in [1.29, 1.82) is 0 Å². The van der Waals surface area contributed by atoms with Crippen molar-refractivity contribution in [2.24, 2.45) is 0 Å². The molecular weight excluding hydrogens is 312 g/mol. The predicted molar refractivity (Wildman–Crippen MR) is 83.2 cm³/mol. The zero-order valence-electron chi connectivity index (χ0n) is 12.9. The molecule has 2 aromatic carbocycles. The lowest BCUT2D eigenvalue weighted by Gasteiger charge is -2.04. The van der Waals surface area contributed by atoms with Gasteiger partial charge in [0.1, 0.15) is 11.5 Å². The van der Waals surface area contributed by atoms with Crippen LogP contribution in [0.2, 0.25) is 0 Å². The van der Waals surface area contributed by atoms with E-state index in [-0.39, 0.29) is 13.4 Å². The van der Waals surface area contributed by atoms with E-state index in [4.69, 9.17) is 23.4 Å². The minimum absolute atomic E-state index is 0.169. The second-order valence-electron chi connectivity index (χ2n) is 5.03. The molecule has 0 N–H and O–H groups in total. The first-order chi connectivity index (χ1) is 11.8. The molecule has 0 amide bonds. The van der Waals surface area contributed by atoms with Gasteiger partial charge in [-0.05, 0) is 36.4 Å². The summed E-state index contributed by atoms with van der Waals surface area (Å²) in [6, 6.07) is 12.7. The van der Waals surface area contributed by atoms with E-state index in [1.165, 1.54) is 0 Å². The lowest BCUT2D eigenvalue weighted by molar-refractivity contribution is 0.173. The standard InChI is InChI=1S/C17H14N2O5/c1-20-12-4-2-11(3-5-12)17-19-18-16(24-17)9-21-13-6-7-14-15(8-13)23-10-22-14/h2-8H,9-10H2,1H3. The molecule has 7 nitrogen and oxygen atoms in total. The highest BCUT2D eigenvalue weighted by Crippen LogP contribution is 2.35. The van der Waals surface area contributed by atoms with E-state index in [9.17, 15) is 0 Å². The van der Waals surface area contributed by atoms with Gasteiger partial charge in [-0.3, -0.25) is 0 Å². The first kappa shape index (κ1) is 14.4. The zero-order chi connectivity index (χ0) is 16.4. The molecule has 0 unspecified atom stereocenters. The Morgan fingerprint density at radius 2 is 1.75 bits per heavy atom. The van der Waals surface area contributed by atoms with Crippen molar-refractivity contribution < 1.29 is 23.4 Å². The molecule has 0 fully saturated rings. The number of hydrogen-bond acceptors (Lipinski definition) is 7. The molecular formula is C17H14N2O5. The molecule has 1 aromatic heterocycles. The fraction of sp³-hybridized carbons (Fsp3) is 0.176. The van der Waals surface area contributed by atoms with Crippen molar-refractivity contribution in [3.63, 3.8) is 0 Å². The molecule has 24 heavy (non-hydrogen) atoms. The minimum atomic E-state index is 0.169. The topological polar surface area (TPSA) is 75.8 Å². The second-order valence-corrected chi connectivity index (χ2v) is 5.03. The lowest BCUT2D eigenvalue weighted by Crippen LogP contribution is -1.95. The van der Waals surface area contributed by atoms with Gasteiger partial charge in [-0.25, -0.2) is 0 Å². The van der Waals surface area contributed by atoms with Gasteiger partial charge in [-0.1, -0.05) is 0 Å². The highest BCUT2D eigenvalue weighted by molar-refractivity contribution is 5.54. The molecule has 4 rings (SSSR count). The molecule has 7 heteroatoms. The molecule has 2 heterocycles. The summed E-state index contributed by atoms with van der Waals surface area (Å²) in [7, 11) is 1.62. The molecule has 0 saturated heterocycles. The van der Waals surface area contributed by atoms with Crippen LogP contribution in [-0.2, 0) is 6.61 Å². The number of aromatic nitrogens is 2. The van der Waals surface area contributed by atoms with Crippen molar-refractivity contribution in [1.82, 2.24) is 10.2 Å². The summed E-state index contributed by atoms with van der Waals surface area (Å²) in [5.41, 5.74) is 0.817. The fourth-order valence-electron chi connectivity index (χ4n) is 2.27. The summed E-state index contributed by atoms with van der Waals surface area (Å²) in [6.45, 7) is 0.399. The van der Waals surface area contributed by atoms with Gasteiger partial charge in [0.05, 0.1) is 7.11 Å². The van der Waals surface area contributed by atoms with E-state index in [0.717, 1.165) is 11.3 Å². The van der Waals surface area contributed by atoms with Crippen LogP contribution in [0.5, 0.6) is 23.0 Å². The lowest BCUT2D eigenvalue weighted by atomic mass is 10.2. The molecule has 0 spiro atoms. The number of methoxy groups -OCH3 is 1. The Morgan fingerprint density at radius 1 is 0.958 bits per heavy atom. The average molecular weight is 326 g/mol. The molecule has 1 aliphatic rings. The van der Waals surface area contributed by atoms with Crippen LogP contribution >= 0.6 is 0 Å². The normalized spacial score (nSPS) is 12.2. The number of ether oxygens (including phenoxy) is 4. The monoisotopic (exact) mass is 326 g/mol. The van der Waals surface area contributed by atoms with Crippen molar-refractivity contribution in [3.05, 3.63) is 48.4 Å². The molecule has 0 atom stereocenters. The maximum absolute atomic E-state index is 5.65. The molecule has 3 aromatic rings. The third-order valence-electron chi connectivity index (χ3n) is 3.51. The van der Waals surface area contributed by atoms with Gasteiger partial charge in [0.2, 0.25) is 12.7 Å². The highest BCUT2D eigenvalue weighted by Gasteiger charge is 2.14. The Bertz CT molecular complexity index is 844. The third kappa shape index (κ3) is 2.83. The Balaban J connectivity index is 1.43. The SMILES string of the molecule is COc1ccc(-c2nnc(COc3ccc4c(c3)OCO4)o2)cc1. The number of benzene rings is 2. The van der Waals surface area contributed by atoms with Gasteiger partial charge in [0.15, 0.2) is 18.1 Å². The van der Waals surface area contributed by atoms with Crippen LogP contribution in [0, 0.1) is 0 Å². The van der Waals surface area contributed by atoms with Gasteiger partial charge >= 0.3 is 0 Å². The zero-order valence-corrected chi connectivity index (χ0v) is 12.9. The van der Waals surface area contributed by atoms with Crippen LogP contribution in [-0.4, -0.2) is 24.1 Å². The second kappa shape index (κ2) is 6.11. The van der Waals surface area contributed by atoms with Crippen LogP contribution < -0.4 is 18.9 Å². The Morgan fingerprint density at radius 3 is 2.58 bits per heavy atom. The summed E-state index contributed by atoms with van der Waals surface area (Å²) in [6.07, 6.45) is 0. The van der Waals surface area contributed by atoms with E-state index in [1.807, 2.05) is 24.3 Å². The maximum atomic E-state index is 5.65. The Kier molecular flexibility index (Phi) is 3.66. The average Bonchev–Trinajstić information content (AvgIpc) is 3.29. The quantitative estimate of drug-likeness (QED) is 0.713. The third-order valence-corrected chi connectivity index (χ3v) is 3.51. The first-order valence-corrected chi connectivity index (χ1v) is 7.31. The van der Waals surface area contributed by atoms with E-state index in [2.05, 4.69) is 10.2 Å². The number of rotatable bonds is 5. The van der Waals surface area contributed by atoms with Crippen LogP contribution in [0.15, 0.2) is 46.9 Å². The molecule has 1 aliphatic heterocycles. The first-order valence-electron chi connectivity index (χ1n) is 7.31. The number of fused-ring (bicyclic) bond motifs is 1. The molecule has 0 bridgehead atoms. The number of hydrogen-bond donors (Lipinski definition) is 0. The largest absolute Gasteiger partial charge is 0.497 e. The van der Waals surface area contributed by atoms with Crippen LogP contribution in [0.1, 0.15) is 5.89 Å². The Hall–Kier alpha value is -3.22. The molecule has 122 valence electrons. The van der Waals surface area contributed by atoms with Gasteiger partial charge < -0.3 is 23.4 Å². The summed E-state index contributed by atoms with van der Waals surface area (Å²) >= 11 is 0. The number of nitrogens with zero attached hydrogens (tertiary/aromatic N) is 2. The van der Waals surface area contributed by atoms with Crippen molar-refractivity contribution in [3.8, 4) is 34.5 Å². The molecule has 0 aliphatic carbocycles. The molecule has 0 radical (unpaired) electrons. The van der Waals surface area contributed by atoms with Crippen molar-refractivity contribution >= 4 is 0 Å². The maximum Gasteiger partial charge on any atom is 0.254 e. The van der Waals surface area contributed by atoms with Gasteiger partial charge in [-0.15, -0.1) is 10.2 Å². The summed E-state index contributed by atoms with van der Waals surface area (Å²) in [5, 5.41) is 8.02. The minimum Gasteiger partial charge on any atom is -0.497 e. The van der Waals surface area contributed by atoms with Crippen LogP contribution in [0.25, 0.3) is 11.5 Å². The predicted octanol–water partition coefficient (Wildman–Crippen LogP) is 3.05. The van der Waals surface area contributed by atoms with E-state index >= 15 is 0 Å². The summed E-state index contributed by atoms with van der Waals surface area (Å²) in [4.78, 5) is 0. The van der Waals surface area contributed by atoms with Crippen molar-refractivity contribution in [2.75, 3.05) is 13.9 Å². The highest BCUT2D eigenvalue weighted by atomic mass is 16.7. The van der Waals surface area contributed by atoms with Crippen LogP contribution in [0.3, 0.4) is 0 Å². The van der Waals surface area contributed by atoms with Gasteiger partial charge in [0.25, 0.3) is 5.89 Å². The van der Waals surface area contributed by atoms with E-state index in [0.29, 0.717) is 29.0 Å². The van der Waals surface area contributed by atoms with E-state index in [1.54, 1.807) is 25.3 Å². The summed E-state index contributed by atoms with van der Waals surface area (Å²) < 4.78 is 27.0. The fourth-order valence-corrected chi connectivity index (χ4v) is 2.27. The van der Waals surface area contributed by atoms with Crippen LogP contribution in [0.4, 0.5) is 0 Å². The Labute approximate surface area is 137 Å². The molecule has 0 saturated carbocycles. The van der Waals surface area contributed by atoms with Crippen molar-refractivity contribution in [2.45, 2.75) is 6.61 Å². The smallest absolute Gasteiger partial charge is 0.254 e. The summed E-state index contributed by atoms with van der Waals surface area (Å²) in [5.74, 6) is 3.60. The van der Waals surface area contributed by atoms with Gasteiger partial charge in [0, 0.05) is 11.6 Å². The van der Waals surface area contributed by atoms with E-state index < -0.39 is 0 Å². The van der Waals surface area contributed by atoms with Gasteiger partial charge in [-0.2, -0.15) is 0 Å².